The molecule has 7 heteroatoms. The lowest BCUT2D eigenvalue weighted by molar-refractivity contribution is 0.953. The molecule has 13 aromatic rings. The summed E-state index contributed by atoms with van der Waals surface area (Å²) in [5.74, 6) is 1.82. The van der Waals surface area contributed by atoms with Gasteiger partial charge < -0.3 is 4.57 Å². The van der Waals surface area contributed by atoms with Crippen molar-refractivity contribution >= 4 is 76.2 Å². The van der Waals surface area contributed by atoms with Gasteiger partial charge in [-0.1, -0.05) is 158 Å². The lowest BCUT2D eigenvalue weighted by Crippen LogP contribution is -2.06. The lowest BCUT2D eigenvalue weighted by atomic mass is 9.99. The molecule has 0 unspecified atom stereocenters. The van der Waals surface area contributed by atoms with Crippen LogP contribution >= 0.6 is 0 Å². The molecule has 0 saturated heterocycles. The van der Waals surface area contributed by atoms with Gasteiger partial charge in [0.05, 0.1) is 45.0 Å². The fourth-order valence-corrected chi connectivity index (χ4v) is 9.45. The van der Waals surface area contributed by atoms with Crippen LogP contribution in [-0.4, -0.2) is 34.1 Å². The summed E-state index contributed by atoms with van der Waals surface area (Å²) >= 11 is 0. The Morgan fingerprint density at radius 1 is 0.306 bits per heavy atom. The van der Waals surface area contributed by atoms with Crippen molar-refractivity contribution in [3.8, 4) is 45.7 Å². The zero-order valence-corrected chi connectivity index (χ0v) is 33.2. The van der Waals surface area contributed by atoms with E-state index in [-0.39, 0.29) is 0 Å². The predicted octanol–water partition coefficient (Wildman–Crippen LogP) is 13.3. The highest BCUT2D eigenvalue weighted by Gasteiger charge is 2.23. The van der Waals surface area contributed by atoms with Crippen molar-refractivity contribution in [2.24, 2.45) is 0 Å². The van der Waals surface area contributed by atoms with Gasteiger partial charge in [-0.25, -0.2) is 9.97 Å². The van der Waals surface area contributed by atoms with E-state index >= 15 is 0 Å². The first-order valence-corrected chi connectivity index (χ1v) is 20.8. The van der Waals surface area contributed by atoms with Crippen LogP contribution in [0.3, 0.4) is 0 Å². The molecule has 7 nitrogen and oxygen atoms in total. The first kappa shape index (κ1) is 34.3. The number of rotatable bonds is 5. The molecule has 0 spiro atoms. The average molecular weight is 792 g/mol. The summed E-state index contributed by atoms with van der Waals surface area (Å²) < 4.78 is 4.57. The molecule has 9 aromatic carbocycles. The van der Waals surface area contributed by atoms with Gasteiger partial charge in [0.25, 0.3) is 0 Å². The summed E-state index contributed by atoms with van der Waals surface area (Å²) in [6.07, 6.45) is 1.91. The van der Waals surface area contributed by atoms with Crippen LogP contribution in [-0.2, 0) is 0 Å². The number of fused-ring (bicyclic) bond motifs is 13. The molecule has 0 aliphatic carbocycles. The van der Waals surface area contributed by atoms with Gasteiger partial charge in [0.1, 0.15) is 0 Å². The number of aromatic nitrogens is 7. The van der Waals surface area contributed by atoms with Crippen molar-refractivity contribution in [1.29, 1.82) is 0 Å². The Labute approximate surface area is 354 Å². The van der Waals surface area contributed by atoms with Gasteiger partial charge in [-0.3, -0.25) is 9.55 Å². The number of benzene rings is 9. The Kier molecular flexibility index (Phi) is 7.47. The summed E-state index contributed by atoms with van der Waals surface area (Å²) in [5.41, 5.74) is 10.9. The zero-order valence-electron chi connectivity index (χ0n) is 33.2. The molecule has 0 radical (unpaired) electrons. The maximum atomic E-state index is 5.27. The second-order valence-corrected chi connectivity index (χ2v) is 15.7. The maximum Gasteiger partial charge on any atom is 0.238 e. The van der Waals surface area contributed by atoms with Gasteiger partial charge in [-0.05, 0) is 47.2 Å². The number of para-hydroxylation sites is 2. The van der Waals surface area contributed by atoms with Crippen LogP contribution in [0.4, 0.5) is 0 Å². The predicted molar refractivity (Wildman–Crippen MR) is 253 cm³/mol. The number of nitrogens with zero attached hydrogens (tertiary/aromatic N) is 7. The molecule has 4 heterocycles. The maximum absolute atomic E-state index is 5.27. The summed E-state index contributed by atoms with van der Waals surface area (Å²) in [6.45, 7) is 0. The van der Waals surface area contributed by atoms with Crippen molar-refractivity contribution in [1.82, 2.24) is 34.1 Å². The minimum Gasteiger partial charge on any atom is -0.309 e. The summed E-state index contributed by atoms with van der Waals surface area (Å²) in [7, 11) is 0. The molecule has 13 rings (SSSR count). The Bertz CT molecular complexity index is 3820. The van der Waals surface area contributed by atoms with Gasteiger partial charge in [0, 0.05) is 54.7 Å². The minimum absolute atomic E-state index is 0.570. The zero-order chi connectivity index (χ0) is 40.7. The molecule has 0 aliphatic rings. The van der Waals surface area contributed by atoms with Crippen LogP contribution in [0, 0.1) is 0 Å². The fraction of sp³-hybridized carbons (Fsp3) is 0. The molecule has 62 heavy (non-hydrogen) atoms. The van der Waals surface area contributed by atoms with Crippen LogP contribution < -0.4 is 0 Å². The van der Waals surface area contributed by atoms with E-state index in [0.717, 1.165) is 82.7 Å². The molecule has 0 fully saturated rings. The summed E-state index contributed by atoms with van der Waals surface area (Å²) in [4.78, 5) is 25.6. The Morgan fingerprint density at radius 3 is 1.35 bits per heavy atom. The molecule has 0 N–H and O–H groups in total. The van der Waals surface area contributed by atoms with E-state index < -0.39 is 0 Å². The van der Waals surface area contributed by atoms with E-state index in [1.165, 1.54) is 21.5 Å². The minimum atomic E-state index is 0.570. The van der Waals surface area contributed by atoms with Gasteiger partial charge >= 0.3 is 0 Å². The molecule has 0 saturated carbocycles. The van der Waals surface area contributed by atoms with Crippen LogP contribution in [0.5, 0.6) is 0 Å². The van der Waals surface area contributed by atoms with Crippen LogP contribution in [0.2, 0.25) is 0 Å². The second kappa shape index (κ2) is 13.5. The van der Waals surface area contributed by atoms with E-state index in [0.29, 0.717) is 17.6 Å². The third-order valence-electron chi connectivity index (χ3n) is 12.2. The van der Waals surface area contributed by atoms with E-state index in [4.69, 9.17) is 24.9 Å². The van der Waals surface area contributed by atoms with E-state index in [1.807, 2.05) is 66.9 Å². The van der Waals surface area contributed by atoms with Gasteiger partial charge in [0.15, 0.2) is 11.6 Å². The molecule has 0 aliphatic heterocycles. The van der Waals surface area contributed by atoms with Gasteiger partial charge in [0.2, 0.25) is 5.95 Å². The van der Waals surface area contributed by atoms with Crippen LogP contribution in [0.15, 0.2) is 200 Å². The molecule has 0 amide bonds. The van der Waals surface area contributed by atoms with Crippen molar-refractivity contribution in [2.45, 2.75) is 0 Å². The Balaban J connectivity index is 0.998. The van der Waals surface area contributed by atoms with Crippen LogP contribution in [0.25, 0.3) is 122 Å². The topological polar surface area (TPSA) is 74.3 Å². The lowest BCUT2D eigenvalue weighted by Gasteiger charge is -2.12. The number of hydrogen-bond acceptors (Lipinski definition) is 5. The third-order valence-corrected chi connectivity index (χ3v) is 12.2. The first-order chi connectivity index (χ1) is 30.8. The smallest absolute Gasteiger partial charge is 0.238 e. The van der Waals surface area contributed by atoms with E-state index in [9.17, 15) is 0 Å². The molecule has 4 aromatic heterocycles. The molecular weight excluding hydrogens is 759 g/mol. The second-order valence-electron chi connectivity index (χ2n) is 15.7. The fourth-order valence-electron chi connectivity index (χ4n) is 9.45. The Morgan fingerprint density at radius 2 is 0.774 bits per heavy atom. The highest BCUT2D eigenvalue weighted by atomic mass is 15.2. The largest absolute Gasteiger partial charge is 0.309 e. The average Bonchev–Trinajstić information content (AvgIpc) is 3.87. The normalized spacial score (nSPS) is 11.9. The molecular formula is C55H33N7. The summed E-state index contributed by atoms with van der Waals surface area (Å²) in [6, 6.07) is 67.6. The standard InChI is InChI=1S/C55H33N7/c1-3-15-35(16-4-1)53-58-54(36-17-5-2-6-18-36)60-55(59-53)62-46-26-14-12-24-43(46)50-48(62)32-31-47-49(50)42-23-11-13-25-45(42)61(47)37-29-27-34(28-30-37)44-33-56-51-40-21-9-7-19-38(40)39-20-8-10-22-41(39)52(51)57-44/h1-33H. The highest BCUT2D eigenvalue weighted by Crippen LogP contribution is 2.42. The van der Waals surface area contributed by atoms with E-state index in [1.54, 1.807) is 0 Å². The molecule has 288 valence electrons. The van der Waals surface area contributed by atoms with Gasteiger partial charge in [-0.15, -0.1) is 0 Å². The Hall–Kier alpha value is -8.55. The molecule has 0 atom stereocenters. The van der Waals surface area contributed by atoms with Crippen LogP contribution in [0.1, 0.15) is 0 Å². The third kappa shape index (κ3) is 5.15. The SMILES string of the molecule is c1ccc(-c2nc(-c3ccccc3)nc(-n3c4ccccc4c4c5c6ccccc6n(-c6ccc(-c7cnc8c9ccccc9c9ccccc9c8n7)cc6)c5ccc43)n2)cc1. The van der Waals surface area contributed by atoms with Crippen molar-refractivity contribution < 1.29 is 0 Å². The van der Waals surface area contributed by atoms with E-state index in [2.05, 4.69) is 143 Å². The first-order valence-electron chi connectivity index (χ1n) is 20.8. The molecule has 0 bridgehead atoms. The quantitative estimate of drug-likeness (QED) is 0.162. The van der Waals surface area contributed by atoms with Gasteiger partial charge in [-0.2, -0.15) is 9.97 Å². The number of hydrogen-bond donors (Lipinski definition) is 0. The highest BCUT2D eigenvalue weighted by molar-refractivity contribution is 6.29. The van der Waals surface area contributed by atoms with Crippen molar-refractivity contribution in [3.05, 3.63) is 200 Å². The van der Waals surface area contributed by atoms with Crippen molar-refractivity contribution in [2.75, 3.05) is 0 Å². The monoisotopic (exact) mass is 791 g/mol. The van der Waals surface area contributed by atoms with Crippen molar-refractivity contribution in [3.63, 3.8) is 0 Å². The summed E-state index contributed by atoms with van der Waals surface area (Å²) in [5, 5.41) is 9.22.